The summed E-state index contributed by atoms with van der Waals surface area (Å²) in [5.74, 6) is 1.02. The molecule has 1 N–H and O–H groups in total. The van der Waals surface area contributed by atoms with Crippen molar-refractivity contribution in [1.82, 2.24) is 14.9 Å². The number of benzene rings is 1. The third kappa shape index (κ3) is 4.79. The van der Waals surface area contributed by atoms with Crippen LogP contribution in [0, 0.1) is 0 Å². The molecule has 1 atom stereocenters. The number of hydrogen-bond donors (Lipinski definition) is 1. The fraction of sp³-hybridized carbons (Fsp3) is 0.292. The number of rotatable bonds is 5. The molecule has 1 unspecified atom stereocenters. The Labute approximate surface area is 182 Å². The molecule has 3 aromatic rings. The summed E-state index contributed by atoms with van der Waals surface area (Å²) in [6, 6.07) is 15.7. The first-order valence-corrected chi connectivity index (χ1v) is 10.6. The third-order valence-corrected chi connectivity index (χ3v) is 5.81. The van der Waals surface area contributed by atoms with Gasteiger partial charge in [-0.25, -0.2) is 4.98 Å². The van der Waals surface area contributed by atoms with E-state index >= 15 is 0 Å². The van der Waals surface area contributed by atoms with Gasteiger partial charge in [0.25, 0.3) is 5.91 Å². The molecule has 3 heterocycles. The van der Waals surface area contributed by atoms with Crippen molar-refractivity contribution >= 4 is 23.3 Å². The first-order valence-electron chi connectivity index (χ1n) is 10.2. The molecule has 0 spiro atoms. The zero-order valence-electron chi connectivity index (χ0n) is 17.0. The van der Waals surface area contributed by atoms with Crippen LogP contribution in [-0.4, -0.2) is 40.9 Å². The molecule has 1 aliphatic rings. The van der Waals surface area contributed by atoms with Gasteiger partial charge in [0.2, 0.25) is 0 Å². The number of likely N-dealkylation sites (tertiary alicyclic amines) is 1. The van der Waals surface area contributed by atoms with Gasteiger partial charge in [-0.3, -0.25) is 9.78 Å². The van der Waals surface area contributed by atoms with Crippen LogP contribution in [0.5, 0.6) is 0 Å². The molecule has 1 fully saturated rings. The second-order valence-electron chi connectivity index (χ2n) is 7.66. The number of hydrogen-bond acceptors (Lipinski definition) is 4. The van der Waals surface area contributed by atoms with Crippen LogP contribution in [0.25, 0.3) is 0 Å². The number of anilines is 1. The Morgan fingerprint density at radius 1 is 1.13 bits per heavy atom. The van der Waals surface area contributed by atoms with Gasteiger partial charge in [0.15, 0.2) is 0 Å². The van der Waals surface area contributed by atoms with E-state index in [1.54, 1.807) is 25.4 Å². The molecule has 1 saturated heterocycles. The largest absolute Gasteiger partial charge is 0.373 e. The first kappa shape index (κ1) is 20.4. The van der Waals surface area contributed by atoms with Crippen LogP contribution in [0.3, 0.4) is 0 Å². The molecule has 2 aromatic heterocycles. The van der Waals surface area contributed by atoms with E-state index in [-0.39, 0.29) is 11.8 Å². The van der Waals surface area contributed by atoms with E-state index in [0.717, 1.165) is 36.5 Å². The molecule has 6 heteroatoms. The fourth-order valence-corrected chi connectivity index (χ4v) is 4.03. The third-order valence-electron chi connectivity index (χ3n) is 5.56. The number of piperidine rings is 1. The number of halogens is 1. The normalized spacial score (nSPS) is 16.3. The number of nitrogens with zero attached hydrogens (tertiary/aromatic N) is 3. The molecule has 1 amide bonds. The van der Waals surface area contributed by atoms with Crippen molar-refractivity contribution in [2.75, 3.05) is 25.5 Å². The Balaban J connectivity index is 1.42. The van der Waals surface area contributed by atoms with Gasteiger partial charge >= 0.3 is 0 Å². The van der Waals surface area contributed by atoms with Gasteiger partial charge in [-0.05, 0) is 60.7 Å². The predicted octanol–water partition coefficient (Wildman–Crippen LogP) is 4.78. The van der Waals surface area contributed by atoms with Gasteiger partial charge in [0.05, 0.1) is 0 Å². The lowest BCUT2D eigenvalue weighted by atomic mass is 9.93. The van der Waals surface area contributed by atoms with Crippen LogP contribution >= 0.6 is 11.6 Å². The minimum Gasteiger partial charge on any atom is -0.373 e. The quantitative estimate of drug-likeness (QED) is 0.645. The molecule has 30 heavy (non-hydrogen) atoms. The zero-order chi connectivity index (χ0) is 20.9. The Morgan fingerprint density at radius 3 is 2.67 bits per heavy atom. The Morgan fingerprint density at radius 2 is 1.93 bits per heavy atom. The Hall–Kier alpha value is -2.92. The van der Waals surface area contributed by atoms with Crippen LogP contribution in [0.2, 0.25) is 5.02 Å². The van der Waals surface area contributed by atoms with Crippen molar-refractivity contribution in [1.29, 1.82) is 0 Å². The Bertz CT molecular complexity index is 1000. The summed E-state index contributed by atoms with van der Waals surface area (Å²) in [6.07, 6.45) is 6.48. The van der Waals surface area contributed by atoms with E-state index in [4.69, 9.17) is 16.6 Å². The summed E-state index contributed by atoms with van der Waals surface area (Å²) >= 11 is 5.96. The lowest BCUT2D eigenvalue weighted by Gasteiger charge is -2.32. The zero-order valence-corrected chi connectivity index (χ0v) is 17.8. The monoisotopic (exact) mass is 420 g/mol. The molecule has 154 valence electrons. The average Bonchev–Trinajstić information content (AvgIpc) is 2.81. The van der Waals surface area contributed by atoms with Gasteiger partial charge in [-0.15, -0.1) is 0 Å². The van der Waals surface area contributed by atoms with Crippen LogP contribution in [0.1, 0.15) is 45.9 Å². The predicted molar refractivity (Wildman–Crippen MR) is 120 cm³/mol. The molecule has 0 saturated carbocycles. The lowest BCUT2D eigenvalue weighted by molar-refractivity contribution is 0.0706. The van der Waals surface area contributed by atoms with Crippen molar-refractivity contribution in [3.05, 3.63) is 88.3 Å². The summed E-state index contributed by atoms with van der Waals surface area (Å²) in [5.41, 5.74) is 4.10. The molecule has 1 aliphatic heterocycles. The summed E-state index contributed by atoms with van der Waals surface area (Å²) in [4.78, 5) is 23.8. The lowest BCUT2D eigenvalue weighted by Crippen LogP contribution is -2.39. The van der Waals surface area contributed by atoms with Gasteiger partial charge < -0.3 is 10.2 Å². The summed E-state index contributed by atoms with van der Waals surface area (Å²) in [5, 5.41) is 3.73. The molecular weight excluding hydrogens is 396 g/mol. The SMILES string of the molecule is CNc1cc(C(=O)N2CCCC(c3ccc(Cc4ccc(Cl)cc4)cn3)C2)ccn1. The summed E-state index contributed by atoms with van der Waals surface area (Å²) < 4.78 is 0. The second kappa shape index (κ2) is 9.26. The number of pyridine rings is 2. The number of amides is 1. The molecule has 1 aromatic carbocycles. The van der Waals surface area contributed by atoms with E-state index in [9.17, 15) is 4.79 Å². The summed E-state index contributed by atoms with van der Waals surface area (Å²) in [7, 11) is 1.80. The van der Waals surface area contributed by atoms with Crippen molar-refractivity contribution in [2.24, 2.45) is 0 Å². The molecule has 0 bridgehead atoms. The van der Waals surface area contributed by atoms with Crippen LogP contribution in [0.15, 0.2) is 60.9 Å². The number of carbonyl (C=O) groups excluding carboxylic acids is 1. The van der Waals surface area contributed by atoms with E-state index in [0.29, 0.717) is 17.9 Å². The van der Waals surface area contributed by atoms with E-state index in [1.165, 1.54) is 11.1 Å². The van der Waals surface area contributed by atoms with Crippen LogP contribution in [-0.2, 0) is 6.42 Å². The smallest absolute Gasteiger partial charge is 0.254 e. The average molecular weight is 421 g/mol. The maximum atomic E-state index is 13.0. The highest BCUT2D eigenvalue weighted by molar-refractivity contribution is 6.30. The van der Waals surface area contributed by atoms with Gasteiger partial charge in [-0.1, -0.05) is 29.8 Å². The van der Waals surface area contributed by atoms with Crippen molar-refractivity contribution in [3.8, 4) is 0 Å². The van der Waals surface area contributed by atoms with Crippen molar-refractivity contribution in [3.63, 3.8) is 0 Å². The highest BCUT2D eigenvalue weighted by Gasteiger charge is 2.26. The molecule has 0 radical (unpaired) electrons. The fourth-order valence-electron chi connectivity index (χ4n) is 3.91. The van der Waals surface area contributed by atoms with E-state index < -0.39 is 0 Å². The number of carbonyl (C=O) groups is 1. The maximum absolute atomic E-state index is 13.0. The van der Waals surface area contributed by atoms with E-state index in [2.05, 4.69) is 22.4 Å². The summed E-state index contributed by atoms with van der Waals surface area (Å²) in [6.45, 7) is 1.47. The molecule has 0 aliphatic carbocycles. The standard InChI is InChI=1S/C24H25ClN4O/c1-26-23-14-19(10-11-27-23)24(30)29-12-2-3-20(16-29)22-9-6-18(15-28-22)13-17-4-7-21(25)8-5-17/h4-11,14-15,20H,2-3,12-13,16H2,1H3,(H,26,27). The minimum absolute atomic E-state index is 0.0537. The molecule has 5 nitrogen and oxygen atoms in total. The topological polar surface area (TPSA) is 58.1 Å². The maximum Gasteiger partial charge on any atom is 0.254 e. The van der Waals surface area contributed by atoms with Gasteiger partial charge in [0, 0.05) is 54.7 Å². The van der Waals surface area contributed by atoms with Crippen LogP contribution in [0.4, 0.5) is 5.82 Å². The minimum atomic E-state index is 0.0537. The van der Waals surface area contributed by atoms with Crippen molar-refractivity contribution in [2.45, 2.75) is 25.2 Å². The highest BCUT2D eigenvalue weighted by Crippen LogP contribution is 2.27. The number of aromatic nitrogens is 2. The molecular formula is C24H25ClN4O. The Kier molecular flexibility index (Phi) is 6.29. The van der Waals surface area contributed by atoms with Crippen LogP contribution < -0.4 is 5.32 Å². The molecule has 4 rings (SSSR count). The van der Waals surface area contributed by atoms with Gasteiger partial charge in [-0.2, -0.15) is 0 Å². The van der Waals surface area contributed by atoms with Gasteiger partial charge in [0.1, 0.15) is 5.82 Å². The van der Waals surface area contributed by atoms with E-state index in [1.807, 2.05) is 35.4 Å². The highest BCUT2D eigenvalue weighted by atomic mass is 35.5. The number of nitrogens with one attached hydrogen (secondary N) is 1. The van der Waals surface area contributed by atoms with Crippen molar-refractivity contribution < 1.29 is 4.79 Å². The first-order chi connectivity index (χ1) is 14.6. The second-order valence-corrected chi connectivity index (χ2v) is 8.10.